The Morgan fingerprint density at radius 3 is 2.35 bits per heavy atom. The summed E-state index contributed by atoms with van der Waals surface area (Å²) in [5.74, 6) is -0.359. The van der Waals surface area contributed by atoms with E-state index in [1.165, 1.54) is 0 Å². The number of rotatable bonds is 3. The third kappa shape index (κ3) is 6.23. The second kappa shape index (κ2) is 13.2. The van der Waals surface area contributed by atoms with Crippen molar-refractivity contribution in [3.8, 4) is 0 Å². The Morgan fingerprint density at radius 1 is 0.745 bits per heavy atom. The van der Waals surface area contributed by atoms with Crippen molar-refractivity contribution in [1.82, 2.24) is 0 Å². The number of methoxy groups -OCH3 is 1. The molecule has 0 aliphatic carbocycles. The molecule has 0 N–H and O–H groups in total. The van der Waals surface area contributed by atoms with Gasteiger partial charge >= 0.3 is 0 Å². The van der Waals surface area contributed by atoms with E-state index >= 15 is 0 Å². The summed E-state index contributed by atoms with van der Waals surface area (Å²) < 4.78 is 65.9. The van der Waals surface area contributed by atoms with Crippen molar-refractivity contribution < 1.29 is 52.2 Å². The minimum absolute atomic E-state index is 0.0126. The molecule has 0 amide bonds. The Labute approximate surface area is 301 Å². The lowest BCUT2D eigenvalue weighted by atomic mass is 9.81. The molecule has 11 heterocycles. The highest BCUT2D eigenvalue weighted by Crippen LogP contribution is 2.54. The van der Waals surface area contributed by atoms with Gasteiger partial charge in [-0.3, -0.25) is 4.79 Å². The maximum Gasteiger partial charge on any atom is 0.172 e. The Kier molecular flexibility index (Phi) is 8.87. The number of hydrogen-bond donors (Lipinski definition) is 0. The van der Waals surface area contributed by atoms with E-state index in [0.717, 1.165) is 75.5 Å². The minimum atomic E-state index is -0.758. The molecule has 51 heavy (non-hydrogen) atoms. The van der Waals surface area contributed by atoms with Crippen LogP contribution in [0.25, 0.3) is 0 Å². The molecule has 11 nitrogen and oxygen atoms in total. The normalized spacial score (nSPS) is 55.1. The Bertz CT molecular complexity index is 1380. The highest BCUT2D eigenvalue weighted by Gasteiger charge is 2.68. The van der Waals surface area contributed by atoms with Crippen LogP contribution in [0.15, 0.2) is 24.3 Å². The van der Waals surface area contributed by atoms with Gasteiger partial charge in [0.15, 0.2) is 5.79 Å². The lowest BCUT2D eigenvalue weighted by molar-refractivity contribution is -0.292. The van der Waals surface area contributed by atoms with Crippen molar-refractivity contribution in [2.45, 2.75) is 194 Å². The van der Waals surface area contributed by atoms with E-state index in [9.17, 15) is 4.79 Å². The molecule has 11 saturated heterocycles. The van der Waals surface area contributed by atoms with Crippen molar-refractivity contribution in [3.05, 3.63) is 24.3 Å². The lowest BCUT2D eigenvalue weighted by Gasteiger charge is -2.47. The van der Waals surface area contributed by atoms with Crippen LogP contribution < -0.4 is 0 Å². The van der Waals surface area contributed by atoms with Crippen LogP contribution in [-0.4, -0.2) is 123 Å². The van der Waals surface area contributed by atoms with Gasteiger partial charge in [0, 0.05) is 51.6 Å². The molecule has 0 aromatic heterocycles. The lowest BCUT2D eigenvalue weighted by Crippen LogP contribution is -2.61. The molecule has 0 aromatic rings. The first-order chi connectivity index (χ1) is 24.7. The summed E-state index contributed by atoms with van der Waals surface area (Å²) in [5.41, 5.74) is 2.28. The fraction of sp³-hybridized carbons (Fsp3) is 0.875. The standard InChI is InChI=1S/C40H56O11/c1-19-11-23-5-7-28-20(2)12-25(44-28)9-10-40-17-33-36(50-40)37-38(49-33)39(51-40)35-29(48-37)8-6-24(46-35)13-22(41)14-27-31(16-30(45-23)21(19)3)47-32(34(27)42-4)15-26-18-43-26/h19,23-39H,2-3,5-18H2,1,4H3/t19-,23?,24?,25?,26+,27?,28?,29?,30?,31+,32?,33-,34-,35+,36?,37+,38?,39?,40+/m1/s1. The average molecular weight is 713 g/mol. The topological polar surface area (TPSA) is 113 Å². The molecule has 11 fully saturated rings. The molecule has 11 aliphatic rings. The SMILES string of the molecule is C=C1CC2CC[C@@]34C[C@H]5OC6C(O3)[C@H]3OC(CCC3O[C@H]6C5O4)CC(=O)CC3[C@@H](OC)C(C[C@H]4CO4)O[C@H]3CC3OC(CCC1O2)C[C@@H](C)C3=C. The smallest absolute Gasteiger partial charge is 0.172 e. The second-order valence-electron chi connectivity index (χ2n) is 17.5. The molecule has 282 valence electrons. The van der Waals surface area contributed by atoms with Crippen LogP contribution in [0.5, 0.6) is 0 Å². The van der Waals surface area contributed by atoms with Gasteiger partial charge in [0.05, 0.1) is 73.8 Å². The fourth-order valence-electron chi connectivity index (χ4n) is 11.4. The summed E-state index contributed by atoms with van der Waals surface area (Å²) in [4.78, 5) is 14.1. The van der Waals surface area contributed by atoms with E-state index in [-0.39, 0.29) is 109 Å². The monoisotopic (exact) mass is 712 g/mol. The van der Waals surface area contributed by atoms with E-state index < -0.39 is 5.79 Å². The van der Waals surface area contributed by atoms with Gasteiger partial charge in [-0.25, -0.2) is 0 Å². The van der Waals surface area contributed by atoms with Gasteiger partial charge < -0.3 is 47.4 Å². The summed E-state index contributed by atoms with van der Waals surface area (Å²) in [6.07, 6.45) is 7.65. The quantitative estimate of drug-likeness (QED) is 0.304. The number of ether oxygens (including phenoxy) is 10. The molecule has 0 radical (unpaired) electrons. The van der Waals surface area contributed by atoms with Crippen LogP contribution in [0.1, 0.15) is 90.4 Å². The van der Waals surface area contributed by atoms with Crippen LogP contribution in [0.2, 0.25) is 0 Å². The van der Waals surface area contributed by atoms with Gasteiger partial charge in [0.2, 0.25) is 0 Å². The molecule has 1 spiro atoms. The summed E-state index contributed by atoms with van der Waals surface area (Å²) in [6.45, 7) is 12.0. The zero-order valence-electron chi connectivity index (χ0n) is 30.2. The summed E-state index contributed by atoms with van der Waals surface area (Å²) >= 11 is 0. The van der Waals surface area contributed by atoms with E-state index in [1.54, 1.807) is 7.11 Å². The molecule has 19 atom stereocenters. The molecule has 0 aromatic carbocycles. The first kappa shape index (κ1) is 34.3. The molecule has 11 aliphatic heterocycles. The van der Waals surface area contributed by atoms with Crippen LogP contribution in [0.4, 0.5) is 0 Å². The van der Waals surface area contributed by atoms with E-state index in [2.05, 4.69) is 20.1 Å². The van der Waals surface area contributed by atoms with Crippen molar-refractivity contribution in [3.63, 3.8) is 0 Å². The van der Waals surface area contributed by atoms with E-state index in [0.29, 0.717) is 31.6 Å². The maximum absolute atomic E-state index is 14.1. The van der Waals surface area contributed by atoms with E-state index in [1.807, 2.05) is 0 Å². The third-order valence-corrected chi connectivity index (χ3v) is 14.1. The zero-order chi connectivity index (χ0) is 34.6. The maximum atomic E-state index is 14.1. The molecular weight excluding hydrogens is 656 g/mol. The summed E-state index contributed by atoms with van der Waals surface area (Å²) in [6, 6.07) is 0. The van der Waals surface area contributed by atoms with Gasteiger partial charge in [-0.15, -0.1) is 0 Å². The van der Waals surface area contributed by atoms with Crippen molar-refractivity contribution in [1.29, 1.82) is 0 Å². The van der Waals surface area contributed by atoms with E-state index in [4.69, 9.17) is 47.4 Å². The fourth-order valence-corrected chi connectivity index (χ4v) is 11.4. The zero-order valence-corrected chi connectivity index (χ0v) is 30.2. The molecular formula is C40H56O11. The van der Waals surface area contributed by atoms with Gasteiger partial charge in [0.25, 0.3) is 0 Å². The van der Waals surface area contributed by atoms with Crippen molar-refractivity contribution in [2.75, 3.05) is 13.7 Å². The first-order valence-electron chi connectivity index (χ1n) is 20.0. The van der Waals surface area contributed by atoms with Gasteiger partial charge in [-0.1, -0.05) is 20.1 Å². The number of carbonyl (C=O) groups is 1. The molecule has 0 saturated carbocycles. The van der Waals surface area contributed by atoms with Crippen LogP contribution >= 0.6 is 0 Å². The summed E-state index contributed by atoms with van der Waals surface area (Å²) in [7, 11) is 1.74. The largest absolute Gasteiger partial charge is 0.378 e. The van der Waals surface area contributed by atoms with Gasteiger partial charge in [-0.2, -0.15) is 0 Å². The number of ketones is 1. The van der Waals surface area contributed by atoms with Crippen molar-refractivity contribution >= 4 is 5.78 Å². The number of fused-ring (bicyclic) bond motifs is 6. The average Bonchev–Trinajstić information content (AvgIpc) is 3.56. The molecule has 11 rings (SSSR count). The Hall–Kier alpha value is -1.25. The minimum Gasteiger partial charge on any atom is -0.378 e. The predicted molar refractivity (Wildman–Crippen MR) is 181 cm³/mol. The van der Waals surface area contributed by atoms with Gasteiger partial charge in [-0.05, 0) is 62.0 Å². The first-order valence-corrected chi connectivity index (χ1v) is 20.0. The number of carbonyl (C=O) groups excluding carboxylic acids is 1. The van der Waals surface area contributed by atoms with Crippen LogP contribution in [0, 0.1) is 11.8 Å². The predicted octanol–water partition coefficient (Wildman–Crippen LogP) is 4.52. The highest BCUT2D eigenvalue weighted by atomic mass is 16.8. The molecule has 11 unspecified atom stereocenters. The summed E-state index contributed by atoms with van der Waals surface area (Å²) in [5, 5.41) is 0. The van der Waals surface area contributed by atoms with Crippen LogP contribution in [-0.2, 0) is 52.2 Å². The number of epoxide rings is 1. The second-order valence-corrected chi connectivity index (χ2v) is 17.5. The Balaban J connectivity index is 0.931. The molecule has 12 bridgehead atoms. The Morgan fingerprint density at radius 2 is 1.51 bits per heavy atom. The number of Topliss-reactive ketones (excluding diaryl/α,β-unsaturated/α-hetero) is 1. The third-order valence-electron chi connectivity index (χ3n) is 14.1. The number of hydrogen-bond acceptors (Lipinski definition) is 11. The highest BCUT2D eigenvalue weighted by molar-refractivity contribution is 5.79. The van der Waals surface area contributed by atoms with Gasteiger partial charge in [0.1, 0.15) is 36.3 Å². The molecule has 11 heteroatoms. The van der Waals surface area contributed by atoms with Crippen molar-refractivity contribution in [2.24, 2.45) is 11.8 Å². The van der Waals surface area contributed by atoms with Crippen LogP contribution in [0.3, 0.4) is 0 Å².